The van der Waals surface area contributed by atoms with Crippen LogP contribution >= 0.6 is 23.2 Å². The van der Waals surface area contributed by atoms with Crippen LogP contribution in [0.3, 0.4) is 0 Å². The van der Waals surface area contributed by atoms with Crippen molar-refractivity contribution in [2.24, 2.45) is 4.99 Å². The first-order chi connectivity index (χ1) is 18.7. The summed E-state index contributed by atoms with van der Waals surface area (Å²) in [6.07, 6.45) is -0.558. The number of benzene rings is 4. The van der Waals surface area contributed by atoms with E-state index in [2.05, 4.69) is 40.0 Å². The van der Waals surface area contributed by atoms with Gasteiger partial charge in [-0.05, 0) is 41.0 Å². The molecule has 7 rings (SSSR count). The molecule has 5 nitrogen and oxygen atoms in total. The number of amidine groups is 1. The van der Waals surface area contributed by atoms with Gasteiger partial charge in [-0.25, -0.2) is 10.4 Å². The molecule has 0 aliphatic carbocycles. The Labute approximate surface area is 230 Å². The number of anilines is 1. The topological polar surface area (TPSA) is 52.8 Å². The number of nitrogens with one attached hydrogen (secondary N) is 2. The van der Waals surface area contributed by atoms with Crippen LogP contribution in [0, 0.1) is 0 Å². The summed E-state index contributed by atoms with van der Waals surface area (Å²) in [6, 6.07) is 36.1. The van der Waals surface area contributed by atoms with E-state index < -0.39 is 0 Å². The van der Waals surface area contributed by atoms with E-state index in [1.54, 1.807) is 0 Å². The molecule has 0 bridgehead atoms. The third kappa shape index (κ3) is 3.96. The van der Waals surface area contributed by atoms with Crippen LogP contribution in [0.15, 0.2) is 119 Å². The SMILES string of the molecule is Clc1ccc([C@H]2N=C3c4c(oc(-c5ccccc5)c4-c4ccccc4)N[C@@H](c4ccc(Cl)cc4)N3N2)cc1. The third-order valence-corrected chi connectivity index (χ3v) is 7.37. The average Bonchev–Trinajstić information content (AvgIpc) is 3.57. The summed E-state index contributed by atoms with van der Waals surface area (Å²) >= 11 is 12.4. The number of halogens is 2. The fourth-order valence-electron chi connectivity index (χ4n) is 5.07. The predicted molar refractivity (Wildman–Crippen MR) is 153 cm³/mol. The zero-order valence-corrected chi connectivity index (χ0v) is 21.6. The van der Waals surface area contributed by atoms with E-state index in [-0.39, 0.29) is 12.3 Å². The van der Waals surface area contributed by atoms with E-state index >= 15 is 0 Å². The van der Waals surface area contributed by atoms with Gasteiger partial charge in [0.15, 0.2) is 5.84 Å². The number of rotatable bonds is 4. The molecule has 7 heteroatoms. The highest BCUT2D eigenvalue weighted by molar-refractivity contribution is 6.30. The Morgan fingerprint density at radius 2 is 1.24 bits per heavy atom. The highest BCUT2D eigenvalue weighted by atomic mass is 35.5. The number of hydrogen-bond donors (Lipinski definition) is 2. The van der Waals surface area contributed by atoms with Crippen molar-refractivity contribution in [1.82, 2.24) is 10.4 Å². The first-order valence-electron chi connectivity index (χ1n) is 12.3. The second kappa shape index (κ2) is 9.37. The summed E-state index contributed by atoms with van der Waals surface area (Å²) in [5.74, 6) is 2.28. The smallest absolute Gasteiger partial charge is 0.207 e. The lowest BCUT2D eigenvalue weighted by molar-refractivity contribution is 0.239. The minimum Gasteiger partial charge on any atom is -0.439 e. The summed E-state index contributed by atoms with van der Waals surface area (Å²) in [4.78, 5) is 5.20. The number of furan rings is 1. The highest BCUT2D eigenvalue weighted by Crippen LogP contribution is 2.48. The van der Waals surface area contributed by atoms with Crippen molar-refractivity contribution >= 4 is 34.9 Å². The Morgan fingerprint density at radius 1 is 0.658 bits per heavy atom. The van der Waals surface area contributed by atoms with Crippen LogP contribution in [0.1, 0.15) is 29.0 Å². The molecule has 1 aromatic heterocycles. The Balaban J connectivity index is 1.45. The second-order valence-corrected chi connectivity index (χ2v) is 10.1. The molecule has 0 saturated heterocycles. The van der Waals surface area contributed by atoms with E-state index in [1.165, 1.54) is 0 Å². The van der Waals surface area contributed by atoms with Crippen molar-refractivity contribution in [1.29, 1.82) is 0 Å². The Bertz CT molecular complexity index is 1630. The van der Waals surface area contributed by atoms with Gasteiger partial charge in [0.25, 0.3) is 0 Å². The van der Waals surface area contributed by atoms with Crippen LogP contribution in [-0.2, 0) is 0 Å². The van der Waals surface area contributed by atoms with Gasteiger partial charge >= 0.3 is 0 Å². The van der Waals surface area contributed by atoms with Crippen LogP contribution in [0.5, 0.6) is 0 Å². The van der Waals surface area contributed by atoms with Crippen LogP contribution < -0.4 is 10.7 Å². The van der Waals surface area contributed by atoms with Crippen molar-refractivity contribution in [2.75, 3.05) is 5.32 Å². The molecule has 0 unspecified atom stereocenters. The Hall–Kier alpha value is -4.03. The first kappa shape index (κ1) is 23.1. The van der Waals surface area contributed by atoms with Gasteiger partial charge < -0.3 is 9.73 Å². The highest BCUT2D eigenvalue weighted by Gasteiger charge is 2.42. The number of nitrogens with zero attached hydrogens (tertiary/aromatic N) is 2. The molecule has 2 aliphatic rings. The van der Waals surface area contributed by atoms with Gasteiger partial charge in [0.05, 0.1) is 5.56 Å². The minimum atomic E-state index is -0.288. The molecule has 0 spiro atoms. The van der Waals surface area contributed by atoms with Gasteiger partial charge in [0, 0.05) is 21.2 Å². The van der Waals surface area contributed by atoms with E-state index in [4.69, 9.17) is 32.6 Å². The summed E-state index contributed by atoms with van der Waals surface area (Å²) in [5, 5.41) is 7.09. The molecular formula is C31H22Cl2N4O. The molecule has 0 fully saturated rings. The summed E-state index contributed by atoms with van der Waals surface area (Å²) < 4.78 is 6.63. The number of aliphatic imine (C=N–C) groups is 1. The summed E-state index contributed by atoms with van der Waals surface area (Å²) in [7, 11) is 0. The molecule has 0 saturated carbocycles. The molecule has 186 valence electrons. The Morgan fingerprint density at radius 3 is 1.87 bits per heavy atom. The van der Waals surface area contributed by atoms with Gasteiger partial charge in [-0.1, -0.05) is 108 Å². The molecule has 2 atom stereocenters. The van der Waals surface area contributed by atoms with Gasteiger partial charge in [0.1, 0.15) is 18.1 Å². The zero-order chi connectivity index (χ0) is 25.6. The maximum Gasteiger partial charge on any atom is 0.207 e. The molecule has 2 N–H and O–H groups in total. The molecule has 0 radical (unpaired) electrons. The minimum absolute atomic E-state index is 0.269. The molecule has 38 heavy (non-hydrogen) atoms. The van der Waals surface area contributed by atoms with Crippen molar-refractivity contribution in [3.05, 3.63) is 136 Å². The van der Waals surface area contributed by atoms with Crippen LogP contribution in [0.25, 0.3) is 22.5 Å². The number of hydrazine groups is 1. The lowest BCUT2D eigenvalue weighted by Gasteiger charge is -2.35. The largest absolute Gasteiger partial charge is 0.439 e. The van der Waals surface area contributed by atoms with E-state index in [1.807, 2.05) is 84.9 Å². The van der Waals surface area contributed by atoms with Crippen molar-refractivity contribution < 1.29 is 4.42 Å². The Kier molecular flexibility index (Phi) is 5.70. The number of hydrogen-bond acceptors (Lipinski definition) is 5. The van der Waals surface area contributed by atoms with Crippen molar-refractivity contribution in [2.45, 2.75) is 12.3 Å². The van der Waals surface area contributed by atoms with Gasteiger partial charge in [0.2, 0.25) is 5.88 Å². The van der Waals surface area contributed by atoms with Gasteiger partial charge in [-0.2, -0.15) is 0 Å². The predicted octanol–water partition coefficient (Wildman–Crippen LogP) is 8.31. The van der Waals surface area contributed by atoms with Crippen LogP contribution in [0.2, 0.25) is 10.0 Å². The maximum absolute atomic E-state index is 6.63. The molecule has 4 aromatic carbocycles. The average molecular weight is 537 g/mol. The molecule has 2 aliphatic heterocycles. The number of fused-ring (bicyclic) bond motifs is 3. The zero-order valence-electron chi connectivity index (χ0n) is 20.1. The lowest BCUT2D eigenvalue weighted by Crippen LogP contribution is -2.47. The first-order valence-corrected chi connectivity index (χ1v) is 13.1. The summed E-state index contributed by atoms with van der Waals surface area (Å²) in [6.45, 7) is 0. The van der Waals surface area contributed by atoms with Gasteiger partial charge in [-0.3, -0.25) is 5.01 Å². The quantitative estimate of drug-likeness (QED) is 0.242. The normalized spacial score (nSPS) is 17.9. The standard InChI is InChI=1S/C31H22Cl2N4O/c32-23-15-11-21(12-16-23)28-34-30-26-25(19-7-3-1-4-8-19)27(20-9-5-2-6-10-20)38-31(26)35-29(37(30)36-28)22-13-17-24(33)18-14-22/h1-18,28-29,35-36H/t28-,29+/m0/s1. The van der Waals surface area contributed by atoms with Gasteiger partial charge in [-0.15, -0.1) is 0 Å². The molecule has 0 amide bonds. The van der Waals surface area contributed by atoms with E-state index in [9.17, 15) is 0 Å². The summed E-state index contributed by atoms with van der Waals surface area (Å²) in [5.41, 5.74) is 9.62. The molecular weight excluding hydrogens is 515 g/mol. The monoisotopic (exact) mass is 536 g/mol. The van der Waals surface area contributed by atoms with Crippen molar-refractivity contribution in [3.8, 4) is 22.5 Å². The van der Waals surface area contributed by atoms with E-state index in [0.29, 0.717) is 15.9 Å². The molecule has 5 aromatic rings. The fourth-order valence-corrected chi connectivity index (χ4v) is 5.32. The maximum atomic E-state index is 6.63. The van der Waals surface area contributed by atoms with Crippen LogP contribution in [-0.4, -0.2) is 10.8 Å². The fraction of sp³-hybridized carbons (Fsp3) is 0.0645. The van der Waals surface area contributed by atoms with Crippen molar-refractivity contribution in [3.63, 3.8) is 0 Å². The van der Waals surface area contributed by atoms with E-state index in [0.717, 1.165) is 45.0 Å². The third-order valence-electron chi connectivity index (χ3n) is 6.87. The molecule has 3 heterocycles. The second-order valence-electron chi connectivity index (χ2n) is 9.25. The van der Waals surface area contributed by atoms with Crippen LogP contribution in [0.4, 0.5) is 5.88 Å². The lowest BCUT2D eigenvalue weighted by atomic mass is 9.96.